The number of hydrogen-bond donors (Lipinski definition) is 1. The largest absolute Gasteiger partial charge is 0.493 e. The zero-order valence-electron chi connectivity index (χ0n) is 19.7. The van der Waals surface area contributed by atoms with Gasteiger partial charge in [-0.2, -0.15) is 17.0 Å². The molecule has 0 bridgehead atoms. The van der Waals surface area contributed by atoms with Crippen LogP contribution in [0, 0.1) is 17.8 Å². The summed E-state index contributed by atoms with van der Waals surface area (Å²) in [5.41, 5.74) is 1.05. The van der Waals surface area contributed by atoms with Gasteiger partial charge in [-0.25, -0.2) is 0 Å². The van der Waals surface area contributed by atoms with Gasteiger partial charge in [-0.15, -0.1) is 0 Å². The van der Waals surface area contributed by atoms with Gasteiger partial charge in [0.1, 0.15) is 0 Å². The topological polar surface area (TPSA) is 88.2 Å². The van der Waals surface area contributed by atoms with Crippen molar-refractivity contribution in [1.29, 1.82) is 0 Å². The average molecular weight is 468 g/mol. The fourth-order valence-electron chi connectivity index (χ4n) is 4.82. The Morgan fingerprint density at radius 2 is 1.66 bits per heavy atom. The van der Waals surface area contributed by atoms with Crippen molar-refractivity contribution in [2.75, 3.05) is 46.9 Å². The summed E-state index contributed by atoms with van der Waals surface area (Å²) >= 11 is 0. The molecule has 8 nitrogen and oxygen atoms in total. The molecule has 3 rings (SSSR count). The van der Waals surface area contributed by atoms with Gasteiger partial charge in [-0.05, 0) is 55.2 Å². The Morgan fingerprint density at radius 3 is 2.25 bits per heavy atom. The summed E-state index contributed by atoms with van der Waals surface area (Å²) in [6.07, 6.45) is 2.86. The van der Waals surface area contributed by atoms with E-state index in [1.54, 1.807) is 22.8 Å². The number of amides is 1. The lowest BCUT2D eigenvalue weighted by molar-refractivity contribution is -0.126. The second-order valence-electron chi connectivity index (χ2n) is 9.17. The Kier molecular flexibility index (Phi) is 8.41. The number of rotatable bonds is 8. The molecule has 0 spiro atoms. The molecule has 0 aliphatic carbocycles. The Hall–Kier alpha value is -1.84. The first kappa shape index (κ1) is 24.8. The highest BCUT2D eigenvalue weighted by Crippen LogP contribution is 2.29. The lowest BCUT2D eigenvalue weighted by Crippen LogP contribution is -2.52. The van der Waals surface area contributed by atoms with E-state index in [4.69, 9.17) is 9.47 Å². The van der Waals surface area contributed by atoms with E-state index < -0.39 is 10.2 Å². The maximum atomic E-state index is 13.1. The van der Waals surface area contributed by atoms with Crippen LogP contribution < -0.4 is 14.8 Å². The summed E-state index contributed by atoms with van der Waals surface area (Å²) in [4.78, 5) is 12.6. The van der Waals surface area contributed by atoms with Crippen LogP contribution in [-0.4, -0.2) is 69.9 Å². The van der Waals surface area contributed by atoms with Crippen LogP contribution in [0.4, 0.5) is 0 Å². The quantitative estimate of drug-likeness (QED) is 0.634. The number of benzene rings is 1. The van der Waals surface area contributed by atoms with Crippen molar-refractivity contribution in [3.63, 3.8) is 0 Å². The molecule has 0 radical (unpaired) electrons. The normalized spacial score (nSPS) is 23.6. The summed E-state index contributed by atoms with van der Waals surface area (Å²) in [7, 11) is -0.254. The molecule has 180 valence electrons. The molecular weight excluding hydrogens is 430 g/mol. The van der Waals surface area contributed by atoms with Crippen LogP contribution in [0.2, 0.25) is 0 Å². The van der Waals surface area contributed by atoms with E-state index in [0.717, 1.165) is 12.0 Å². The van der Waals surface area contributed by atoms with E-state index in [-0.39, 0.29) is 11.8 Å². The molecule has 32 heavy (non-hydrogen) atoms. The summed E-state index contributed by atoms with van der Waals surface area (Å²) in [6.45, 7) is 6.71. The van der Waals surface area contributed by atoms with Crippen LogP contribution >= 0.6 is 0 Å². The lowest BCUT2D eigenvalue weighted by Gasteiger charge is -2.39. The van der Waals surface area contributed by atoms with E-state index in [9.17, 15) is 13.2 Å². The highest BCUT2D eigenvalue weighted by Gasteiger charge is 2.37. The van der Waals surface area contributed by atoms with Gasteiger partial charge in [-0.1, -0.05) is 19.9 Å². The number of carbonyl (C=O) groups excluding carboxylic acids is 1. The van der Waals surface area contributed by atoms with E-state index >= 15 is 0 Å². The fraction of sp³-hybridized carbons (Fsp3) is 0.696. The molecule has 2 fully saturated rings. The minimum Gasteiger partial charge on any atom is -0.493 e. The first-order chi connectivity index (χ1) is 15.2. The molecule has 2 heterocycles. The third-order valence-electron chi connectivity index (χ3n) is 6.47. The molecular formula is C23H37N3O5S. The predicted molar refractivity (Wildman–Crippen MR) is 124 cm³/mol. The number of nitrogens with one attached hydrogen (secondary N) is 1. The van der Waals surface area contributed by atoms with Gasteiger partial charge in [0, 0.05) is 38.6 Å². The van der Waals surface area contributed by atoms with Gasteiger partial charge >= 0.3 is 0 Å². The van der Waals surface area contributed by atoms with Crippen LogP contribution in [0.5, 0.6) is 11.5 Å². The first-order valence-corrected chi connectivity index (χ1v) is 12.9. The maximum absolute atomic E-state index is 13.1. The molecule has 2 aliphatic heterocycles. The second-order valence-corrected chi connectivity index (χ2v) is 11.1. The summed E-state index contributed by atoms with van der Waals surface area (Å²) < 4.78 is 39.9. The van der Waals surface area contributed by atoms with Crippen LogP contribution in [0.3, 0.4) is 0 Å². The summed E-state index contributed by atoms with van der Waals surface area (Å²) in [5, 5.41) is 3.01. The highest BCUT2D eigenvalue weighted by molar-refractivity contribution is 7.86. The fourth-order valence-corrected chi connectivity index (χ4v) is 6.70. The number of hydrogen-bond acceptors (Lipinski definition) is 5. The molecule has 2 atom stereocenters. The molecule has 1 aromatic carbocycles. The molecule has 1 amide bonds. The summed E-state index contributed by atoms with van der Waals surface area (Å²) in [6, 6.07) is 5.73. The van der Waals surface area contributed by atoms with Gasteiger partial charge in [-0.3, -0.25) is 4.79 Å². The van der Waals surface area contributed by atoms with Gasteiger partial charge in [0.05, 0.1) is 14.2 Å². The average Bonchev–Trinajstić information content (AvgIpc) is 2.78. The van der Waals surface area contributed by atoms with E-state index in [1.807, 2.05) is 18.2 Å². The molecule has 0 saturated carbocycles. The van der Waals surface area contributed by atoms with Crippen molar-refractivity contribution in [2.45, 2.75) is 39.5 Å². The van der Waals surface area contributed by atoms with E-state index in [2.05, 4.69) is 19.2 Å². The number of carbonyl (C=O) groups is 1. The van der Waals surface area contributed by atoms with Crippen molar-refractivity contribution in [3.8, 4) is 11.5 Å². The van der Waals surface area contributed by atoms with Crippen molar-refractivity contribution in [2.24, 2.45) is 17.8 Å². The van der Waals surface area contributed by atoms with E-state index in [1.165, 1.54) is 0 Å². The standard InChI is InChI=1S/C23H37N3O5S/c1-17-13-18(2)16-26(15-17)32(28,29)25-11-8-20(9-12-25)23(27)24-10-7-19-5-6-21(30-3)22(14-19)31-4/h5-6,14,17-18,20H,7-13,15-16H2,1-4H3,(H,24,27)/t17-,18-/m1/s1. The molecule has 9 heteroatoms. The smallest absolute Gasteiger partial charge is 0.281 e. The van der Waals surface area contributed by atoms with Crippen molar-refractivity contribution in [3.05, 3.63) is 23.8 Å². The number of methoxy groups -OCH3 is 2. The number of piperidine rings is 2. The molecule has 1 aromatic rings. The molecule has 2 saturated heterocycles. The minimum absolute atomic E-state index is 0.00254. The van der Waals surface area contributed by atoms with Gasteiger partial charge in [0.2, 0.25) is 5.91 Å². The minimum atomic E-state index is -3.45. The summed E-state index contributed by atoms with van der Waals surface area (Å²) in [5.74, 6) is 1.96. The Morgan fingerprint density at radius 1 is 1.03 bits per heavy atom. The Bertz CT molecular complexity index is 874. The molecule has 1 N–H and O–H groups in total. The van der Waals surface area contributed by atoms with Gasteiger partial charge in [0.25, 0.3) is 10.2 Å². The molecule has 0 unspecified atom stereocenters. The molecule has 2 aliphatic rings. The van der Waals surface area contributed by atoms with Crippen LogP contribution in [0.15, 0.2) is 18.2 Å². The maximum Gasteiger partial charge on any atom is 0.281 e. The zero-order valence-corrected chi connectivity index (χ0v) is 20.5. The van der Waals surface area contributed by atoms with Crippen molar-refractivity contribution >= 4 is 16.1 Å². The lowest BCUT2D eigenvalue weighted by atomic mass is 9.94. The predicted octanol–water partition coefficient (Wildman–Crippen LogP) is 2.30. The molecule has 0 aromatic heterocycles. The zero-order chi connectivity index (χ0) is 23.3. The van der Waals surface area contributed by atoms with Crippen LogP contribution in [-0.2, 0) is 21.4 Å². The van der Waals surface area contributed by atoms with Crippen LogP contribution in [0.1, 0.15) is 38.7 Å². The SMILES string of the molecule is COc1ccc(CCNC(=O)C2CCN(S(=O)(=O)N3C[C@H](C)C[C@@H](C)C3)CC2)cc1OC. The Labute approximate surface area is 192 Å². The third-order valence-corrected chi connectivity index (χ3v) is 8.44. The highest BCUT2D eigenvalue weighted by atomic mass is 32.2. The Balaban J connectivity index is 1.46. The second kappa shape index (κ2) is 10.9. The monoisotopic (exact) mass is 467 g/mol. The van der Waals surface area contributed by atoms with E-state index in [0.29, 0.717) is 75.3 Å². The van der Waals surface area contributed by atoms with Gasteiger partial charge in [0.15, 0.2) is 11.5 Å². The number of ether oxygens (including phenoxy) is 2. The van der Waals surface area contributed by atoms with Crippen molar-refractivity contribution < 1.29 is 22.7 Å². The van der Waals surface area contributed by atoms with Crippen molar-refractivity contribution in [1.82, 2.24) is 13.9 Å². The third kappa shape index (κ3) is 5.94. The van der Waals surface area contributed by atoms with Gasteiger partial charge < -0.3 is 14.8 Å². The number of nitrogens with zero attached hydrogens (tertiary/aromatic N) is 2. The first-order valence-electron chi connectivity index (χ1n) is 11.5. The van der Waals surface area contributed by atoms with Crippen LogP contribution in [0.25, 0.3) is 0 Å².